The Balaban J connectivity index is 1.51. The Labute approximate surface area is 161 Å². The molecule has 1 atom stereocenters. The molecular formula is C23H28N2O2. The molecule has 0 amide bonds. The number of rotatable bonds is 8. The number of para-hydroxylation sites is 1. The topological polar surface area (TPSA) is 57.4 Å². The van der Waals surface area contributed by atoms with Crippen LogP contribution in [0.1, 0.15) is 45.1 Å². The van der Waals surface area contributed by atoms with E-state index in [1.807, 2.05) is 30.3 Å². The molecule has 0 fully saturated rings. The van der Waals surface area contributed by atoms with Gasteiger partial charge < -0.3 is 15.2 Å². The lowest BCUT2D eigenvalue weighted by Crippen LogP contribution is -2.13. The van der Waals surface area contributed by atoms with Gasteiger partial charge in [0.05, 0.1) is 12.7 Å². The molecule has 3 rings (SSSR count). The van der Waals surface area contributed by atoms with Gasteiger partial charge in [-0.3, -0.25) is 0 Å². The van der Waals surface area contributed by atoms with Crippen molar-refractivity contribution in [3.63, 3.8) is 0 Å². The number of hydrogen-bond donors (Lipinski definition) is 1. The second-order valence-corrected chi connectivity index (χ2v) is 7.21. The molecule has 2 N–H and O–H groups in total. The first-order valence-electron chi connectivity index (χ1n) is 9.57. The maximum absolute atomic E-state index is 6.11. The third kappa shape index (κ3) is 5.13. The van der Waals surface area contributed by atoms with Crippen LogP contribution in [0.4, 0.5) is 5.82 Å². The number of ether oxygens (including phenoxy) is 2. The minimum atomic E-state index is 0.0735. The van der Waals surface area contributed by atoms with Crippen molar-refractivity contribution in [1.82, 2.24) is 4.98 Å². The van der Waals surface area contributed by atoms with Crippen LogP contribution >= 0.6 is 0 Å². The van der Waals surface area contributed by atoms with Crippen LogP contribution in [-0.2, 0) is 0 Å². The van der Waals surface area contributed by atoms with Gasteiger partial charge in [0.1, 0.15) is 22.8 Å². The molecule has 0 saturated carbocycles. The van der Waals surface area contributed by atoms with Gasteiger partial charge in [-0.2, -0.15) is 0 Å². The Bertz CT molecular complexity index is 892. The predicted octanol–water partition coefficient (Wildman–Crippen LogP) is 5.57. The van der Waals surface area contributed by atoms with Crippen LogP contribution in [0.25, 0.3) is 10.9 Å². The molecule has 4 nitrogen and oxygen atoms in total. The summed E-state index contributed by atoms with van der Waals surface area (Å²) in [4.78, 5) is 4.42. The van der Waals surface area contributed by atoms with Crippen molar-refractivity contribution in [2.75, 3.05) is 12.3 Å². The zero-order chi connectivity index (χ0) is 19.2. The number of anilines is 1. The van der Waals surface area contributed by atoms with Crippen molar-refractivity contribution in [3.8, 4) is 11.5 Å². The molecule has 0 aliphatic rings. The summed E-state index contributed by atoms with van der Waals surface area (Å²) in [5.41, 5.74) is 7.93. The number of benzene rings is 2. The van der Waals surface area contributed by atoms with Crippen molar-refractivity contribution in [2.45, 2.75) is 45.6 Å². The van der Waals surface area contributed by atoms with Crippen LogP contribution in [0.3, 0.4) is 0 Å². The van der Waals surface area contributed by atoms with E-state index in [2.05, 4.69) is 44.0 Å². The molecule has 0 spiro atoms. The van der Waals surface area contributed by atoms with Gasteiger partial charge in [0.15, 0.2) is 0 Å². The van der Waals surface area contributed by atoms with E-state index in [-0.39, 0.29) is 6.10 Å². The minimum absolute atomic E-state index is 0.0735. The molecular weight excluding hydrogens is 336 g/mol. The van der Waals surface area contributed by atoms with E-state index in [4.69, 9.17) is 15.2 Å². The summed E-state index contributed by atoms with van der Waals surface area (Å²) in [6, 6.07) is 18.0. The summed E-state index contributed by atoms with van der Waals surface area (Å²) in [6.07, 6.45) is 1.90. The van der Waals surface area contributed by atoms with E-state index in [0.717, 1.165) is 35.2 Å². The summed E-state index contributed by atoms with van der Waals surface area (Å²) in [5.74, 6) is 2.72. The number of nitrogens with zero attached hydrogens (tertiary/aromatic N) is 1. The van der Waals surface area contributed by atoms with Crippen LogP contribution in [0.15, 0.2) is 54.6 Å². The Morgan fingerprint density at radius 3 is 2.63 bits per heavy atom. The van der Waals surface area contributed by atoms with Crippen LogP contribution < -0.4 is 15.2 Å². The predicted molar refractivity (Wildman–Crippen MR) is 112 cm³/mol. The van der Waals surface area contributed by atoms with E-state index < -0.39 is 0 Å². The van der Waals surface area contributed by atoms with Gasteiger partial charge in [-0.05, 0) is 61.6 Å². The first-order valence-corrected chi connectivity index (χ1v) is 9.57. The lowest BCUT2D eigenvalue weighted by molar-refractivity contribution is 0.195. The highest BCUT2D eigenvalue weighted by atomic mass is 16.5. The second kappa shape index (κ2) is 8.76. The zero-order valence-corrected chi connectivity index (χ0v) is 16.3. The summed E-state index contributed by atoms with van der Waals surface area (Å²) in [7, 11) is 0. The lowest BCUT2D eigenvalue weighted by Gasteiger charge is -2.16. The van der Waals surface area contributed by atoms with Crippen LogP contribution in [0.5, 0.6) is 11.5 Å². The van der Waals surface area contributed by atoms with Crippen molar-refractivity contribution < 1.29 is 9.47 Å². The maximum atomic E-state index is 6.11. The third-order valence-corrected chi connectivity index (χ3v) is 4.58. The van der Waals surface area contributed by atoms with E-state index in [1.54, 1.807) is 6.07 Å². The van der Waals surface area contributed by atoms with Crippen molar-refractivity contribution in [3.05, 3.63) is 60.2 Å². The number of hydrogen-bond acceptors (Lipinski definition) is 4. The molecule has 27 heavy (non-hydrogen) atoms. The minimum Gasteiger partial charge on any atom is -0.494 e. The third-order valence-electron chi connectivity index (χ3n) is 4.58. The number of nitrogens with two attached hydrogens (primary N) is 1. The van der Waals surface area contributed by atoms with Gasteiger partial charge in [0.2, 0.25) is 0 Å². The van der Waals surface area contributed by atoms with Crippen molar-refractivity contribution >= 4 is 16.7 Å². The molecule has 142 valence electrons. The second-order valence-electron chi connectivity index (χ2n) is 7.21. The molecule has 0 radical (unpaired) electrons. The molecule has 1 unspecified atom stereocenters. The fraction of sp³-hybridized carbons (Fsp3) is 0.348. The average Bonchev–Trinajstić information content (AvgIpc) is 2.66. The summed E-state index contributed by atoms with van der Waals surface area (Å²) in [5, 5.41) is 1.03. The van der Waals surface area contributed by atoms with Crippen LogP contribution in [0, 0.1) is 0 Å². The van der Waals surface area contributed by atoms with Crippen LogP contribution in [0.2, 0.25) is 0 Å². The Morgan fingerprint density at radius 2 is 1.81 bits per heavy atom. The fourth-order valence-electron chi connectivity index (χ4n) is 3.03. The Morgan fingerprint density at radius 1 is 1.00 bits per heavy atom. The number of fused-ring (bicyclic) bond motifs is 1. The molecule has 2 aromatic carbocycles. The lowest BCUT2D eigenvalue weighted by atomic mass is 10.0. The first-order chi connectivity index (χ1) is 13.0. The van der Waals surface area contributed by atoms with Gasteiger partial charge in [-0.15, -0.1) is 0 Å². The molecule has 3 aromatic rings. The Hall–Kier alpha value is -2.75. The monoisotopic (exact) mass is 364 g/mol. The fourth-order valence-corrected chi connectivity index (χ4v) is 3.03. The highest BCUT2D eigenvalue weighted by Gasteiger charge is 2.09. The largest absolute Gasteiger partial charge is 0.494 e. The van der Waals surface area contributed by atoms with Gasteiger partial charge in [-0.25, -0.2) is 4.98 Å². The average molecular weight is 364 g/mol. The quantitative estimate of drug-likeness (QED) is 0.531. The van der Waals surface area contributed by atoms with Crippen molar-refractivity contribution in [2.24, 2.45) is 0 Å². The van der Waals surface area contributed by atoms with Gasteiger partial charge in [0, 0.05) is 5.39 Å². The van der Waals surface area contributed by atoms with E-state index >= 15 is 0 Å². The summed E-state index contributed by atoms with van der Waals surface area (Å²) >= 11 is 0. The molecule has 0 aliphatic carbocycles. The molecule has 0 aliphatic heterocycles. The highest BCUT2D eigenvalue weighted by Crippen LogP contribution is 2.26. The standard InChI is InChI=1S/C23H28N2O2/c1-16(2)19-9-4-10-20(15-19)26-14-6-7-17(3)27-21-11-5-8-18-12-13-22(24)25-23(18)21/h4-5,8-13,15-17H,6-7,14H2,1-3H3,(H2,24,25). The SMILES string of the molecule is CC(CCCOc1cccc(C(C)C)c1)Oc1cccc2ccc(N)nc12. The van der Waals surface area contributed by atoms with Gasteiger partial charge >= 0.3 is 0 Å². The van der Waals surface area contributed by atoms with Gasteiger partial charge in [0.25, 0.3) is 0 Å². The zero-order valence-electron chi connectivity index (χ0n) is 16.3. The highest BCUT2D eigenvalue weighted by molar-refractivity contribution is 5.85. The Kier molecular flexibility index (Phi) is 6.17. The number of nitrogen functional groups attached to an aromatic ring is 1. The van der Waals surface area contributed by atoms with Crippen LogP contribution in [-0.4, -0.2) is 17.7 Å². The maximum Gasteiger partial charge on any atom is 0.146 e. The molecule has 1 aromatic heterocycles. The van der Waals surface area contributed by atoms with Crippen molar-refractivity contribution in [1.29, 1.82) is 0 Å². The smallest absolute Gasteiger partial charge is 0.146 e. The molecule has 0 saturated heterocycles. The number of aromatic nitrogens is 1. The molecule has 4 heteroatoms. The normalized spacial score (nSPS) is 12.3. The molecule has 0 bridgehead atoms. The van der Waals surface area contributed by atoms with E-state index in [0.29, 0.717) is 18.3 Å². The number of pyridine rings is 1. The van der Waals surface area contributed by atoms with E-state index in [1.165, 1.54) is 5.56 Å². The molecule has 1 heterocycles. The summed E-state index contributed by atoms with van der Waals surface area (Å²) in [6.45, 7) is 7.13. The van der Waals surface area contributed by atoms with E-state index in [9.17, 15) is 0 Å². The first kappa shape index (κ1) is 19.0. The summed E-state index contributed by atoms with van der Waals surface area (Å²) < 4.78 is 12.0. The van der Waals surface area contributed by atoms with Gasteiger partial charge in [-0.1, -0.05) is 38.1 Å².